The molecule has 1 atom stereocenters. The van der Waals surface area contributed by atoms with Crippen LogP contribution in [0.15, 0.2) is 0 Å². The maximum Gasteiger partial charge on any atom is 0.241 e. The maximum atomic E-state index is 12.0. The van der Waals surface area contributed by atoms with Gasteiger partial charge >= 0.3 is 0 Å². The Morgan fingerprint density at radius 2 is 1.94 bits per heavy atom. The lowest BCUT2D eigenvalue weighted by molar-refractivity contribution is -0.135. The van der Waals surface area contributed by atoms with E-state index in [1.54, 1.807) is 0 Å². The highest BCUT2D eigenvalue weighted by molar-refractivity contribution is 5.81. The minimum Gasteiger partial charge on any atom is -0.329 e. The van der Waals surface area contributed by atoms with Crippen LogP contribution in [0.3, 0.4) is 0 Å². The summed E-state index contributed by atoms with van der Waals surface area (Å²) in [6, 6.07) is 0. The van der Waals surface area contributed by atoms with Gasteiger partial charge in [0.1, 0.15) is 0 Å². The number of hydrogen-bond donors (Lipinski definition) is 2. The van der Waals surface area contributed by atoms with Crippen LogP contribution < -0.4 is 11.2 Å². The van der Waals surface area contributed by atoms with E-state index in [4.69, 9.17) is 5.73 Å². The lowest BCUT2D eigenvalue weighted by Gasteiger charge is -2.35. The van der Waals surface area contributed by atoms with Crippen molar-refractivity contribution in [1.82, 2.24) is 15.3 Å². The molecule has 1 heterocycles. The van der Waals surface area contributed by atoms with Gasteiger partial charge in [-0.05, 0) is 20.4 Å². The zero-order chi connectivity index (χ0) is 12.2. The molecule has 1 aliphatic rings. The first kappa shape index (κ1) is 13.4. The van der Waals surface area contributed by atoms with Crippen LogP contribution in [-0.2, 0) is 4.79 Å². The number of piperazine rings is 1. The van der Waals surface area contributed by atoms with Crippen LogP contribution in [0.2, 0.25) is 0 Å². The summed E-state index contributed by atoms with van der Waals surface area (Å²) in [5.41, 5.74) is 8.19. The fourth-order valence-electron chi connectivity index (χ4n) is 1.59. The molecule has 0 aromatic carbocycles. The first-order chi connectivity index (χ1) is 7.51. The number of nitrogens with one attached hydrogen (secondary N) is 1. The summed E-state index contributed by atoms with van der Waals surface area (Å²) in [6.07, 6.45) is 0.767. The van der Waals surface area contributed by atoms with Crippen molar-refractivity contribution in [2.24, 2.45) is 11.1 Å². The van der Waals surface area contributed by atoms with Crippen LogP contribution in [0.1, 0.15) is 20.3 Å². The second-order valence-corrected chi connectivity index (χ2v) is 4.85. The molecule has 0 radical (unpaired) electrons. The molecule has 0 aromatic heterocycles. The van der Waals surface area contributed by atoms with E-state index in [1.165, 1.54) is 0 Å². The average Bonchev–Trinajstić information content (AvgIpc) is 2.31. The Morgan fingerprint density at radius 1 is 1.38 bits per heavy atom. The molecule has 1 rings (SSSR count). The van der Waals surface area contributed by atoms with Crippen molar-refractivity contribution in [3.63, 3.8) is 0 Å². The second-order valence-electron chi connectivity index (χ2n) is 4.85. The zero-order valence-electron chi connectivity index (χ0n) is 10.6. The number of carbonyl (C=O) groups is 1. The van der Waals surface area contributed by atoms with Crippen LogP contribution in [0.4, 0.5) is 0 Å². The molecule has 1 amide bonds. The Balaban J connectivity index is 2.45. The molecule has 0 aliphatic carbocycles. The summed E-state index contributed by atoms with van der Waals surface area (Å²) in [7, 11) is 2.09. The number of nitrogens with zero attached hydrogens (tertiary/aromatic N) is 2. The topological polar surface area (TPSA) is 61.6 Å². The molecular formula is C11H24N4O. The number of hydrogen-bond acceptors (Lipinski definition) is 4. The number of amides is 1. The lowest BCUT2D eigenvalue weighted by atomic mass is 9.87. The molecule has 16 heavy (non-hydrogen) atoms. The molecule has 3 N–H and O–H groups in total. The van der Waals surface area contributed by atoms with Gasteiger partial charge in [-0.25, -0.2) is 5.01 Å². The number of hydrazine groups is 1. The predicted molar refractivity (Wildman–Crippen MR) is 64.7 cm³/mol. The van der Waals surface area contributed by atoms with Crippen molar-refractivity contribution in [2.45, 2.75) is 20.3 Å². The van der Waals surface area contributed by atoms with Gasteiger partial charge < -0.3 is 10.6 Å². The van der Waals surface area contributed by atoms with Gasteiger partial charge in [0.25, 0.3) is 0 Å². The van der Waals surface area contributed by atoms with E-state index in [2.05, 4.69) is 17.4 Å². The highest BCUT2D eigenvalue weighted by Crippen LogP contribution is 2.19. The molecule has 1 fully saturated rings. The molecule has 94 valence electrons. The van der Waals surface area contributed by atoms with Gasteiger partial charge in [0.05, 0.1) is 5.41 Å². The van der Waals surface area contributed by atoms with Gasteiger partial charge in [0.15, 0.2) is 0 Å². The highest BCUT2D eigenvalue weighted by Gasteiger charge is 2.31. The normalized spacial score (nSPS) is 22.8. The standard InChI is InChI=1S/C11H24N4O/c1-4-11(2,9-12)10(16)13-15-7-5-14(3)6-8-15/h4-9,12H2,1-3H3,(H,13,16). The van der Waals surface area contributed by atoms with Crippen LogP contribution in [0, 0.1) is 5.41 Å². The highest BCUT2D eigenvalue weighted by atomic mass is 16.2. The average molecular weight is 228 g/mol. The third-order valence-electron chi connectivity index (χ3n) is 3.54. The molecule has 1 aliphatic heterocycles. The maximum absolute atomic E-state index is 12.0. The first-order valence-electron chi connectivity index (χ1n) is 5.96. The van der Waals surface area contributed by atoms with Crippen molar-refractivity contribution in [3.05, 3.63) is 0 Å². The molecule has 0 bridgehead atoms. The van der Waals surface area contributed by atoms with Crippen molar-refractivity contribution in [2.75, 3.05) is 39.8 Å². The zero-order valence-corrected chi connectivity index (χ0v) is 10.6. The molecule has 0 saturated carbocycles. The fourth-order valence-corrected chi connectivity index (χ4v) is 1.59. The van der Waals surface area contributed by atoms with E-state index in [1.807, 2.05) is 18.9 Å². The Bertz CT molecular complexity index is 232. The van der Waals surface area contributed by atoms with Crippen molar-refractivity contribution in [1.29, 1.82) is 0 Å². The summed E-state index contributed by atoms with van der Waals surface area (Å²) in [5, 5.41) is 1.99. The van der Waals surface area contributed by atoms with Crippen LogP contribution in [0.5, 0.6) is 0 Å². The molecule has 0 spiro atoms. The van der Waals surface area contributed by atoms with Gasteiger partial charge in [0.2, 0.25) is 5.91 Å². The van der Waals surface area contributed by atoms with E-state index >= 15 is 0 Å². The molecule has 1 unspecified atom stereocenters. The van der Waals surface area contributed by atoms with Gasteiger partial charge in [-0.2, -0.15) is 0 Å². The minimum absolute atomic E-state index is 0.0436. The van der Waals surface area contributed by atoms with E-state index in [0.717, 1.165) is 32.6 Å². The van der Waals surface area contributed by atoms with E-state index in [0.29, 0.717) is 6.54 Å². The smallest absolute Gasteiger partial charge is 0.241 e. The second kappa shape index (κ2) is 5.61. The Hall–Kier alpha value is -0.650. The van der Waals surface area contributed by atoms with Gasteiger partial charge in [-0.3, -0.25) is 10.2 Å². The fraction of sp³-hybridized carbons (Fsp3) is 0.909. The largest absolute Gasteiger partial charge is 0.329 e. The van der Waals surface area contributed by atoms with E-state index < -0.39 is 5.41 Å². The van der Waals surface area contributed by atoms with Gasteiger partial charge in [-0.15, -0.1) is 0 Å². The third-order valence-corrected chi connectivity index (χ3v) is 3.54. The van der Waals surface area contributed by atoms with Crippen LogP contribution in [0.25, 0.3) is 0 Å². The monoisotopic (exact) mass is 228 g/mol. The molecule has 0 aromatic rings. The van der Waals surface area contributed by atoms with Crippen LogP contribution >= 0.6 is 0 Å². The molecular weight excluding hydrogens is 204 g/mol. The third kappa shape index (κ3) is 3.17. The number of carbonyl (C=O) groups excluding carboxylic acids is 1. The van der Waals surface area contributed by atoms with Crippen molar-refractivity contribution in [3.8, 4) is 0 Å². The summed E-state index contributed by atoms with van der Waals surface area (Å²) < 4.78 is 0. The summed E-state index contributed by atoms with van der Waals surface area (Å²) in [6.45, 7) is 8.05. The summed E-state index contributed by atoms with van der Waals surface area (Å²) in [4.78, 5) is 14.3. The lowest BCUT2D eigenvalue weighted by Crippen LogP contribution is -2.56. The van der Waals surface area contributed by atoms with Gasteiger partial charge in [-0.1, -0.05) is 6.92 Å². The predicted octanol–water partition coefficient (Wildman–Crippen LogP) is -0.360. The summed E-state index contributed by atoms with van der Waals surface area (Å²) in [5.74, 6) is 0.0436. The van der Waals surface area contributed by atoms with E-state index in [9.17, 15) is 4.79 Å². The number of likely N-dealkylation sites (N-methyl/N-ethyl adjacent to an activating group) is 1. The SMILES string of the molecule is CCC(C)(CN)C(=O)NN1CCN(C)CC1. The molecule has 1 saturated heterocycles. The number of rotatable bonds is 4. The van der Waals surface area contributed by atoms with Gasteiger partial charge in [0, 0.05) is 32.7 Å². The van der Waals surface area contributed by atoms with Crippen molar-refractivity contribution < 1.29 is 4.79 Å². The van der Waals surface area contributed by atoms with Crippen molar-refractivity contribution >= 4 is 5.91 Å². The number of nitrogens with two attached hydrogens (primary N) is 1. The first-order valence-corrected chi connectivity index (χ1v) is 5.96. The Kier molecular flexibility index (Phi) is 4.70. The van der Waals surface area contributed by atoms with Crippen LogP contribution in [-0.4, -0.2) is 55.6 Å². The van der Waals surface area contributed by atoms with E-state index in [-0.39, 0.29) is 5.91 Å². The summed E-state index contributed by atoms with van der Waals surface area (Å²) >= 11 is 0. The molecule has 5 heteroatoms. The Morgan fingerprint density at radius 3 is 2.38 bits per heavy atom. The minimum atomic E-state index is -0.441. The Labute approximate surface area is 97.9 Å². The molecule has 5 nitrogen and oxygen atoms in total. The quantitative estimate of drug-likeness (QED) is 0.690.